The summed E-state index contributed by atoms with van der Waals surface area (Å²) in [4.78, 5) is 35.7. The number of carboxylic acid groups (broad SMARTS) is 2. The summed E-state index contributed by atoms with van der Waals surface area (Å²) in [6.07, 6.45) is 0. The molecule has 0 aromatic heterocycles. The number of hydrogen-bond acceptors (Lipinski definition) is 4. The number of nitrogens with zero attached hydrogens (tertiary/aromatic N) is 1. The molecular weight excluding hydrogens is 278 g/mol. The van der Waals surface area contributed by atoms with Crippen molar-refractivity contribution in [3.63, 3.8) is 0 Å². The second kappa shape index (κ2) is 6.85. The zero-order valence-corrected chi connectivity index (χ0v) is 12.0. The number of carboxylic acids is 2. The number of carbonyl (C=O) groups is 3. The molecule has 0 bridgehead atoms. The molecule has 7 nitrogen and oxygen atoms in total. The molecule has 0 radical (unpaired) electrons. The Hall–Kier alpha value is -2.41. The number of aliphatic carboxylic acids is 1. The number of amides is 1. The molecule has 0 saturated carbocycles. The van der Waals surface area contributed by atoms with Crippen LogP contribution >= 0.6 is 0 Å². The largest absolute Gasteiger partial charge is 0.480 e. The molecule has 1 aromatic rings. The maximum Gasteiger partial charge on any atom is 0.337 e. The van der Waals surface area contributed by atoms with Gasteiger partial charge in [-0.05, 0) is 25.5 Å². The van der Waals surface area contributed by atoms with E-state index in [-0.39, 0.29) is 17.9 Å². The zero-order chi connectivity index (χ0) is 16.2. The van der Waals surface area contributed by atoms with Gasteiger partial charge in [-0.25, -0.2) is 9.59 Å². The van der Waals surface area contributed by atoms with E-state index in [1.807, 2.05) is 0 Å². The maximum atomic E-state index is 12.2. The Morgan fingerprint density at radius 2 is 1.90 bits per heavy atom. The summed E-state index contributed by atoms with van der Waals surface area (Å²) in [6.45, 7) is 2.59. The van der Waals surface area contributed by atoms with Crippen LogP contribution in [0, 0.1) is 6.92 Å². The molecular formula is C14H17NO6. The Bertz CT molecular complexity index is 569. The van der Waals surface area contributed by atoms with Gasteiger partial charge >= 0.3 is 11.9 Å². The highest BCUT2D eigenvalue weighted by molar-refractivity contribution is 6.06. The first-order valence-electron chi connectivity index (χ1n) is 6.18. The lowest BCUT2D eigenvalue weighted by molar-refractivity contribution is -0.140. The van der Waals surface area contributed by atoms with Crippen molar-refractivity contribution in [1.82, 2.24) is 0 Å². The number of ether oxygens (including phenoxy) is 1. The SMILES string of the molecule is COCC(=O)N(c1c(C)cccc1C(=O)O)C(C)C(=O)O. The Morgan fingerprint density at radius 1 is 1.29 bits per heavy atom. The number of carbonyl (C=O) groups excluding carboxylic acids is 1. The van der Waals surface area contributed by atoms with E-state index in [4.69, 9.17) is 9.84 Å². The lowest BCUT2D eigenvalue weighted by Gasteiger charge is -2.29. The van der Waals surface area contributed by atoms with Crippen LogP contribution in [0.15, 0.2) is 18.2 Å². The Balaban J connectivity index is 3.49. The van der Waals surface area contributed by atoms with Gasteiger partial charge < -0.3 is 14.9 Å². The van der Waals surface area contributed by atoms with E-state index < -0.39 is 23.9 Å². The molecule has 7 heteroatoms. The van der Waals surface area contributed by atoms with Crippen molar-refractivity contribution in [2.75, 3.05) is 18.6 Å². The topological polar surface area (TPSA) is 104 Å². The summed E-state index contributed by atoms with van der Waals surface area (Å²) in [5, 5.41) is 18.4. The second-order valence-electron chi connectivity index (χ2n) is 4.49. The average Bonchev–Trinajstić information content (AvgIpc) is 2.40. The molecule has 1 atom stereocenters. The van der Waals surface area contributed by atoms with E-state index in [0.717, 1.165) is 4.90 Å². The number of methoxy groups -OCH3 is 1. The zero-order valence-electron chi connectivity index (χ0n) is 12.0. The smallest absolute Gasteiger partial charge is 0.337 e. The third-order valence-corrected chi connectivity index (χ3v) is 2.99. The number of benzene rings is 1. The van der Waals surface area contributed by atoms with Crippen LogP contribution in [0.2, 0.25) is 0 Å². The Kier molecular flexibility index (Phi) is 5.43. The maximum absolute atomic E-state index is 12.2. The van der Waals surface area contributed by atoms with Crippen LogP contribution in [0.3, 0.4) is 0 Å². The number of rotatable bonds is 6. The molecule has 0 spiro atoms. The van der Waals surface area contributed by atoms with Gasteiger partial charge in [0.05, 0.1) is 11.3 Å². The van der Waals surface area contributed by atoms with Crippen molar-refractivity contribution in [2.45, 2.75) is 19.9 Å². The highest BCUT2D eigenvalue weighted by Crippen LogP contribution is 2.27. The van der Waals surface area contributed by atoms with Crippen molar-refractivity contribution < 1.29 is 29.3 Å². The normalized spacial score (nSPS) is 11.8. The highest BCUT2D eigenvalue weighted by atomic mass is 16.5. The van der Waals surface area contributed by atoms with Gasteiger partial charge in [-0.1, -0.05) is 12.1 Å². The number of anilines is 1. The van der Waals surface area contributed by atoms with Gasteiger partial charge in [0.2, 0.25) is 0 Å². The number of aromatic carboxylic acids is 1. The van der Waals surface area contributed by atoms with Crippen molar-refractivity contribution in [3.8, 4) is 0 Å². The Morgan fingerprint density at radius 3 is 2.38 bits per heavy atom. The van der Waals surface area contributed by atoms with Crippen LogP contribution in [0.4, 0.5) is 5.69 Å². The lowest BCUT2D eigenvalue weighted by atomic mass is 10.0. The molecule has 0 aliphatic carbocycles. The van der Waals surface area contributed by atoms with E-state index >= 15 is 0 Å². The van der Waals surface area contributed by atoms with Gasteiger partial charge in [-0.15, -0.1) is 0 Å². The summed E-state index contributed by atoms with van der Waals surface area (Å²) in [6, 6.07) is 3.26. The first-order valence-corrected chi connectivity index (χ1v) is 6.18. The third-order valence-electron chi connectivity index (χ3n) is 2.99. The lowest BCUT2D eigenvalue weighted by Crippen LogP contribution is -2.46. The minimum absolute atomic E-state index is 0.0713. The monoisotopic (exact) mass is 295 g/mol. The van der Waals surface area contributed by atoms with Gasteiger partial charge in [0.25, 0.3) is 5.91 Å². The summed E-state index contributed by atoms with van der Waals surface area (Å²) >= 11 is 0. The molecule has 0 saturated heterocycles. The molecule has 0 aliphatic rings. The number of para-hydroxylation sites is 1. The predicted molar refractivity (Wildman–Crippen MR) is 74.6 cm³/mol. The fourth-order valence-corrected chi connectivity index (χ4v) is 1.99. The van der Waals surface area contributed by atoms with E-state index in [1.165, 1.54) is 26.2 Å². The van der Waals surface area contributed by atoms with Crippen LogP contribution in [-0.2, 0) is 14.3 Å². The number of hydrogen-bond donors (Lipinski definition) is 2. The molecule has 0 fully saturated rings. The van der Waals surface area contributed by atoms with Crippen LogP contribution in [0.25, 0.3) is 0 Å². The van der Waals surface area contributed by atoms with Crippen LogP contribution in [-0.4, -0.2) is 47.8 Å². The van der Waals surface area contributed by atoms with Gasteiger partial charge in [0, 0.05) is 7.11 Å². The van der Waals surface area contributed by atoms with Crippen molar-refractivity contribution in [1.29, 1.82) is 0 Å². The molecule has 114 valence electrons. The Labute approximate surface area is 121 Å². The molecule has 1 amide bonds. The standard InChI is InChI=1S/C14H17NO6/c1-8-5-4-6-10(14(19)20)12(8)15(9(2)13(17)18)11(16)7-21-3/h4-6,9H,7H2,1-3H3,(H,17,18)(H,19,20). The highest BCUT2D eigenvalue weighted by Gasteiger charge is 2.31. The fourth-order valence-electron chi connectivity index (χ4n) is 1.99. The first kappa shape index (κ1) is 16.6. The quantitative estimate of drug-likeness (QED) is 0.815. The first-order chi connectivity index (χ1) is 9.81. The van der Waals surface area contributed by atoms with Gasteiger partial charge in [0.1, 0.15) is 12.6 Å². The summed E-state index contributed by atoms with van der Waals surface area (Å²) in [7, 11) is 1.30. The molecule has 0 heterocycles. The van der Waals surface area contributed by atoms with Crippen molar-refractivity contribution in [2.24, 2.45) is 0 Å². The van der Waals surface area contributed by atoms with E-state index in [0.29, 0.717) is 5.56 Å². The van der Waals surface area contributed by atoms with Gasteiger partial charge in [0.15, 0.2) is 0 Å². The van der Waals surface area contributed by atoms with E-state index in [1.54, 1.807) is 13.0 Å². The van der Waals surface area contributed by atoms with Crippen LogP contribution in [0.1, 0.15) is 22.8 Å². The van der Waals surface area contributed by atoms with Crippen molar-refractivity contribution >= 4 is 23.5 Å². The fraction of sp³-hybridized carbons (Fsp3) is 0.357. The summed E-state index contributed by atoms with van der Waals surface area (Å²) < 4.78 is 4.74. The average molecular weight is 295 g/mol. The summed E-state index contributed by atoms with van der Waals surface area (Å²) in [5.74, 6) is -3.09. The second-order valence-corrected chi connectivity index (χ2v) is 4.49. The molecule has 1 aromatic carbocycles. The molecule has 1 rings (SSSR count). The molecule has 0 aliphatic heterocycles. The molecule has 1 unspecified atom stereocenters. The molecule has 2 N–H and O–H groups in total. The van der Waals surface area contributed by atoms with Crippen molar-refractivity contribution in [3.05, 3.63) is 29.3 Å². The van der Waals surface area contributed by atoms with E-state index in [2.05, 4.69) is 0 Å². The third kappa shape index (κ3) is 3.57. The van der Waals surface area contributed by atoms with Crippen LogP contribution in [0.5, 0.6) is 0 Å². The minimum Gasteiger partial charge on any atom is -0.480 e. The summed E-state index contributed by atoms with van der Waals surface area (Å²) in [5.41, 5.74) is 0.432. The van der Waals surface area contributed by atoms with Gasteiger partial charge in [-0.2, -0.15) is 0 Å². The molecule has 21 heavy (non-hydrogen) atoms. The van der Waals surface area contributed by atoms with Gasteiger partial charge in [-0.3, -0.25) is 9.69 Å². The number of aryl methyl sites for hydroxylation is 1. The van der Waals surface area contributed by atoms with Crippen LogP contribution < -0.4 is 4.90 Å². The minimum atomic E-state index is -1.24. The predicted octanol–water partition coefficient (Wildman–Crippen LogP) is 1.15. The van der Waals surface area contributed by atoms with E-state index in [9.17, 15) is 19.5 Å².